The maximum Gasteiger partial charge on any atom is 0.325 e. The van der Waals surface area contributed by atoms with E-state index in [2.05, 4.69) is 17.1 Å². The minimum Gasteiger partial charge on any atom is -0.468 e. The van der Waals surface area contributed by atoms with Gasteiger partial charge in [-0.15, -0.1) is 0 Å². The predicted octanol–water partition coefficient (Wildman–Crippen LogP) is 2.48. The number of aromatic nitrogens is 2. The van der Waals surface area contributed by atoms with Crippen LogP contribution in [-0.4, -0.2) is 28.7 Å². The number of esters is 1. The van der Waals surface area contributed by atoms with Crippen LogP contribution in [0.2, 0.25) is 0 Å². The topological polar surface area (TPSA) is 86.7 Å². The summed E-state index contributed by atoms with van der Waals surface area (Å²) in [6, 6.07) is 7.48. The lowest BCUT2D eigenvalue weighted by atomic mass is 10.2. The summed E-state index contributed by atoms with van der Waals surface area (Å²) in [5.74, 6) is -0.890. The molecular weight excluding hydrogens is 342 g/mol. The number of methoxy groups -OCH3 is 1. The molecule has 3 rings (SSSR count). The van der Waals surface area contributed by atoms with Gasteiger partial charge >= 0.3 is 11.9 Å². The number of carbonyl (C=O) groups is 2. The Hall–Kier alpha value is -2.74. The Kier molecular flexibility index (Phi) is 4.80. The van der Waals surface area contributed by atoms with Gasteiger partial charge < -0.3 is 13.8 Å². The Balaban J connectivity index is 2.14. The van der Waals surface area contributed by atoms with Crippen LogP contribution in [0.15, 0.2) is 33.8 Å². The van der Waals surface area contributed by atoms with E-state index in [1.165, 1.54) is 30.1 Å². The lowest BCUT2D eigenvalue weighted by Gasteiger charge is -2.04. The van der Waals surface area contributed by atoms with E-state index in [9.17, 15) is 9.59 Å². The summed E-state index contributed by atoms with van der Waals surface area (Å²) in [5.41, 5.74) is 2.60. The Morgan fingerprint density at radius 3 is 2.80 bits per heavy atom. The summed E-state index contributed by atoms with van der Waals surface area (Å²) in [4.78, 5) is 28.6. The number of aryl methyl sites for hydroxylation is 2. The zero-order valence-electron chi connectivity index (χ0n) is 14.1. The first kappa shape index (κ1) is 17.1. The Morgan fingerprint density at radius 1 is 1.36 bits per heavy atom. The summed E-state index contributed by atoms with van der Waals surface area (Å²) in [7, 11) is 1.33. The normalized spacial score (nSPS) is 11.9. The van der Waals surface area contributed by atoms with Gasteiger partial charge in [0.25, 0.3) is 0 Å². The number of nitrogens with zero attached hydrogens (tertiary/aromatic N) is 3. The second kappa shape index (κ2) is 7.02. The number of ether oxygens (including phenoxy) is 1. The molecule has 25 heavy (non-hydrogen) atoms. The van der Waals surface area contributed by atoms with Crippen molar-refractivity contribution >= 4 is 33.4 Å². The minimum atomic E-state index is -0.540. The number of hydrogen-bond donors (Lipinski definition) is 0. The predicted molar refractivity (Wildman–Crippen MR) is 92.3 cm³/mol. The lowest BCUT2D eigenvalue weighted by Crippen LogP contribution is -2.22. The third-order valence-corrected chi connectivity index (χ3v) is 4.75. The molecule has 0 saturated carbocycles. The second-order valence-corrected chi connectivity index (χ2v) is 6.46. The molecule has 0 spiro atoms. The van der Waals surface area contributed by atoms with Crippen LogP contribution in [0.25, 0.3) is 10.2 Å². The van der Waals surface area contributed by atoms with Gasteiger partial charge in [-0.05, 0) is 31.0 Å². The number of rotatable bonds is 4. The molecule has 0 atom stereocenters. The van der Waals surface area contributed by atoms with Gasteiger partial charge in [0.2, 0.25) is 5.76 Å². The van der Waals surface area contributed by atoms with E-state index in [4.69, 9.17) is 9.26 Å². The molecule has 1 amide bonds. The average molecular weight is 359 g/mol. The molecule has 0 radical (unpaired) electrons. The zero-order chi connectivity index (χ0) is 18.0. The number of benzene rings is 1. The standard InChI is InChI=1S/C17H17N3O4S/c1-4-11-5-6-12-14(8-11)25-17(20(12)9-15(21)23-3)18-16(22)13-7-10(2)19-24-13/h5-8H,4,9H2,1-3H3. The van der Waals surface area contributed by atoms with Crippen LogP contribution in [0, 0.1) is 6.92 Å². The van der Waals surface area contributed by atoms with Gasteiger partial charge in [0.15, 0.2) is 4.80 Å². The van der Waals surface area contributed by atoms with Crippen molar-refractivity contribution < 1.29 is 18.8 Å². The highest BCUT2D eigenvalue weighted by atomic mass is 32.1. The van der Waals surface area contributed by atoms with Crippen LogP contribution in [0.5, 0.6) is 0 Å². The van der Waals surface area contributed by atoms with Crippen LogP contribution in [0.3, 0.4) is 0 Å². The van der Waals surface area contributed by atoms with Crippen LogP contribution in [0.4, 0.5) is 0 Å². The third kappa shape index (κ3) is 3.53. The fourth-order valence-electron chi connectivity index (χ4n) is 2.38. The lowest BCUT2D eigenvalue weighted by molar-refractivity contribution is -0.141. The summed E-state index contributed by atoms with van der Waals surface area (Å²) in [5, 5.41) is 3.70. The van der Waals surface area contributed by atoms with Crippen molar-refractivity contribution in [3.05, 3.63) is 46.1 Å². The van der Waals surface area contributed by atoms with Crippen molar-refractivity contribution in [3.63, 3.8) is 0 Å². The summed E-state index contributed by atoms with van der Waals surface area (Å²) in [6.07, 6.45) is 0.896. The van der Waals surface area contributed by atoms with Crippen LogP contribution in [-0.2, 0) is 22.5 Å². The number of amides is 1. The Bertz CT molecular complexity index is 1010. The molecule has 7 nitrogen and oxygen atoms in total. The quantitative estimate of drug-likeness (QED) is 0.668. The first-order chi connectivity index (χ1) is 12.0. The van der Waals surface area contributed by atoms with Gasteiger partial charge in [-0.2, -0.15) is 4.99 Å². The van der Waals surface area contributed by atoms with E-state index < -0.39 is 11.9 Å². The van der Waals surface area contributed by atoms with E-state index in [1.807, 2.05) is 18.2 Å². The fourth-order valence-corrected chi connectivity index (χ4v) is 3.47. The van der Waals surface area contributed by atoms with E-state index in [0.29, 0.717) is 10.5 Å². The molecule has 2 heterocycles. The van der Waals surface area contributed by atoms with E-state index >= 15 is 0 Å². The smallest absolute Gasteiger partial charge is 0.325 e. The van der Waals surface area contributed by atoms with E-state index in [-0.39, 0.29) is 12.3 Å². The van der Waals surface area contributed by atoms with Gasteiger partial charge in [0.05, 0.1) is 23.0 Å². The largest absolute Gasteiger partial charge is 0.468 e. The zero-order valence-corrected chi connectivity index (χ0v) is 14.9. The monoisotopic (exact) mass is 359 g/mol. The van der Waals surface area contributed by atoms with Crippen molar-refractivity contribution in [2.45, 2.75) is 26.8 Å². The molecule has 0 fully saturated rings. The van der Waals surface area contributed by atoms with Crippen molar-refractivity contribution in [3.8, 4) is 0 Å². The molecule has 130 valence electrons. The first-order valence-corrected chi connectivity index (χ1v) is 8.55. The Labute approximate surface area is 147 Å². The molecule has 0 aliphatic carbocycles. The molecule has 2 aromatic heterocycles. The van der Waals surface area contributed by atoms with Gasteiger partial charge in [0.1, 0.15) is 6.54 Å². The molecule has 0 saturated heterocycles. The first-order valence-electron chi connectivity index (χ1n) is 7.73. The Morgan fingerprint density at radius 2 is 2.16 bits per heavy atom. The number of carbonyl (C=O) groups excluding carboxylic acids is 2. The van der Waals surface area contributed by atoms with E-state index in [0.717, 1.165) is 16.6 Å². The molecule has 3 aromatic rings. The summed E-state index contributed by atoms with van der Waals surface area (Å²) >= 11 is 1.34. The minimum absolute atomic E-state index is 0.0243. The SMILES string of the molecule is CCc1ccc2c(c1)sc(=NC(=O)c1cc(C)no1)n2CC(=O)OC. The highest BCUT2D eigenvalue weighted by Crippen LogP contribution is 2.20. The van der Waals surface area contributed by atoms with Crippen molar-refractivity contribution in [1.82, 2.24) is 9.72 Å². The van der Waals surface area contributed by atoms with Crippen molar-refractivity contribution in [2.75, 3.05) is 7.11 Å². The van der Waals surface area contributed by atoms with Gasteiger partial charge in [0, 0.05) is 6.07 Å². The molecule has 8 heteroatoms. The maximum atomic E-state index is 12.3. The molecule has 0 N–H and O–H groups in total. The molecule has 0 unspecified atom stereocenters. The van der Waals surface area contributed by atoms with Gasteiger partial charge in [-0.25, -0.2) is 0 Å². The maximum absolute atomic E-state index is 12.3. The molecule has 0 aliphatic heterocycles. The third-order valence-electron chi connectivity index (χ3n) is 3.71. The fraction of sp³-hybridized carbons (Fsp3) is 0.294. The second-order valence-electron chi connectivity index (χ2n) is 5.45. The van der Waals surface area contributed by atoms with Crippen molar-refractivity contribution in [1.29, 1.82) is 0 Å². The molecule has 1 aromatic carbocycles. The van der Waals surface area contributed by atoms with E-state index in [1.54, 1.807) is 11.5 Å². The highest BCUT2D eigenvalue weighted by molar-refractivity contribution is 7.16. The number of fused-ring (bicyclic) bond motifs is 1. The van der Waals surface area contributed by atoms with Gasteiger partial charge in [-0.1, -0.05) is 29.5 Å². The molecule has 0 aliphatic rings. The van der Waals surface area contributed by atoms with Crippen molar-refractivity contribution in [2.24, 2.45) is 4.99 Å². The van der Waals surface area contributed by atoms with Crippen LogP contribution >= 0.6 is 11.3 Å². The van der Waals surface area contributed by atoms with Crippen LogP contribution in [0.1, 0.15) is 28.7 Å². The average Bonchev–Trinajstić information content (AvgIpc) is 3.18. The number of hydrogen-bond acceptors (Lipinski definition) is 6. The van der Waals surface area contributed by atoms with Gasteiger partial charge in [-0.3, -0.25) is 9.59 Å². The molecule has 0 bridgehead atoms. The molecular formula is C17H17N3O4S. The highest BCUT2D eigenvalue weighted by Gasteiger charge is 2.15. The van der Waals surface area contributed by atoms with Crippen LogP contribution < -0.4 is 4.80 Å². The number of thiazole rings is 1. The summed E-state index contributed by atoms with van der Waals surface area (Å²) < 4.78 is 12.3. The summed E-state index contributed by atoms with van der Waals surface area (Å²) in [6.45, 7) is 3.77.